The Hall–Kier alpha value is -2.72. The summed E-state index contributed by atoms with van der Waals surface area (Å²) in [6.07, 6.45) is 11.9. The van der Waals surface area contributed by atoms with E-state index in [1.165, 1.54) is 24.1 Å². The fourth-order valence-electron chi connectivity index (χ4n) is 3.15. The number of carbonyl (C=O) groups is 1. The number of unbranched alkanes of at least 4 members (excludes halogenated alkanes) is 2. The Balaban J connectivity index is 1.60. The highest BCUT2D eigenvalue weighted by Crippen LogP contribution is 2.29. The largest absolute Gasteiger partial charge is 0.426 e. The second kappa shape index (κ2) is 11.5. The summed E-state index contributed by atoms with van der Waals surface area (Å²) in [5, 5.41) is 1.08. The summed E-state index contributed by atoms with van der Waals surface area (Å²) in [5.74, 6) is 0.331. The van der Waals surface area contributed by atoms with Crippen LogP contribution in [0.5, 0.6) is 5.75 Å². The van der Waals surface area contributed by atoms with Gasteiger partial charge in [-0.1, -0.05) is 75.2 Å². The minimum absolute atomic E-state index is 0.241. The Morgan fingerprint density at radius 3 is 2.27 bits per heavy atom. The van der Waals surface area contributed by atoms with Crippen LogP contribution in [0.25, 0.3) is 21.7 Å². The molecule has 0 saturated heterocycles. The van der Waals surface area contributed by atoms with Gasteiger partial charge in [0.1, 0.15) is 10.8 Å². The second-order valence-corrected chi connectivity index (χ2v) is 8.36. The number of allylic oxidation sites excluding steroid dienone is 1. The third-order valence-electron chi connectivity index (χ3n) is 4.82. The van der Waals surface area contributed by atoms with Crippen LogP contribution in [0, 0.1) is 0 Å². The van der Waals surface area contributed by atoms with Gasteiger partial charge in [0, 0.05) is 16.6 Å². The van der Waals surface area contributed by atoms with Crippen molar-refractivity contribution >= 4 is 17.3 Å². The molecule has 1 heterocycles. The van der Waals surface area contributed by atoms with E-state index in [0.717, 1.165) is 34.5 Å². The van der Waals surface area contributed by atoms with Crippen molar-refractivity contribution in [2.24, 2.45) is 0 Å². The van der Waals surface area contributed by atoms with Gasteiger partial charge in [-0.2, -0.15) is 0 Å². The van der Waals surface area contributed by atoms with Crippen LogP contribution in [0.4, 0.5) is 0 Å². The molecular weight excluding hydrogens is 390 g/mol. The number of rotatable bonds is 10. The maximum Gasteiger partial charge on any atom is 0.315 e. The average Bonchev–Trinajstić information content (AvgIpc) is 3.24. The zero-order chi connectivity index (χ0) is 21.2. The number of aromatic nitrogens is 1. The van der Waals surface area contributed by atoms with Gasteiger partial charge in [0.2, 0.25) is 0 Å². The Morgan fingerprint density at radius 1 is 0.933 bits per heavy atom. The lowest BCUT2D eigenvalue weighted by molar-refractivity contribution is -0.133. The Kier molecular flexibility index (Phi) is 8.40. The SMILES string of the molecule is CCC=CCC(=O)Oc1ccc(-c2ccc(-c3ncc(CCCCC)s3)cc2)cc1. The molecule has 0 saturated carbocycles. The summed E-state index contributed by atoms with van der Waals surface area (Å²) in [7, 11) is 0. The number of esters is 1. The molecule has 0 N–H and O–H groups in total. The number of thiazole rings is 1. The molecule has 4 heteroatoms. The van der Waals surface area contributed by atoms with E-state index in [4.69, 9.17) is 4.74 Å². The van der Waals surface area contributed by atoms with Crippen LogP contribution in [-0.4, -0.2) is 11.0 Å². The number of hydrogen-bond donors (Lipinski definition) is 0. The summed E-state index contributed by atoms with van der Waals surface area (Å²) in [6.45, 7) is 4.27. The predicted octanol–water partition coefficient (Wildman–Crippen LogP) is 7.47. The lowest BCUT2D eigenvalue weighted by atomic mass is 10.0. The first kappa shape index (κ1) is 22.0. The molecule has 3 rings (SSSR count). The van der Waals surface area contributed by atoms with Crippen LogP contribution in [0.15, 0.2) is 66.9 Å². The topological polar surface area (TPSA) is 39.2 Å². The molecule has 1 aromatic heterocycles. The molecule has 0 spiro atoms. The maximum atomic E-state index is 11.8. The number of hydrogen-bond acceptors (Lipinski definition) is 4. The molecule has 3 aromatic rings. The van der Waals surface area contributed by atoms with Gasteiger partial charge in [-0.15, -0.1) is 11.3 Å². The van der Waals surface area contributed by atoms with Gasteiger partial charge in [0.15, 0.2) is 0 Å². The molecule has 0 aliphatic carbocycles. The summed E-state index contributed by atoms with van der Waals surface area (Å²) in [6, 6.07) is 16.1. The molecule has 0 bridgehead atoms. The zero-order valence-corrected chi connectivity index (χ0v) is 18.6. The number of nitrogens with zero attached hydrogens (tertiary/aromatic N) is 1. The molecule has 0 aliphatic heterocycles. The van der Waals surface area contributed by atoms with E-state index in [9.17, 15) is 4.79 Å². The molecule has 0 atom stereocenters. The van der Waals surface area contributed by atoms with Gasteiger partial charge in [-0.25, -0.2) is 4.98 Å². The first-order valence-electron chi connectivity index (χ1n) is 10.7. The lowest BCUT2D eigenvalue weighted by Crippen LogP contribution is -2.05. The highest BCUT2D eigenvalue weighted by atomic mass is 32.1. The van der Waals surface area contributed by atoms with Crippen LogP contribution in [-0.2, 0) is 11.2 Å². The van der Waals surface area contributed by atoms with Crippen LogP contribution in [0.1, 0.15) is 50.8 Å². The van der Waals surface area contributed by atoms with E-state index >= 15 is 0 Å². The van der Waals surface area contributed by atoms with Crippen molar-refractivity contribution in [3.05, 3.63) is 71.8 Å². The van der Waals surface area contributed by atoms with Gasteiger partial charge in [0.05, 0.1) is 6.42 Å². The Morgan fingerprint density at radius 2 is 1.60 bits per heavy atom. The molecule has 0 aliphatic rings. The second-order valence-electron chi connectivity index (χ2n) is 7.25. The summed E-state index contributed by atoms with van der Waals surface area (Å²) in [4.78, 5) is 17.8. The van der Waals surface area contributed by atoms with Crippen molar-refractivity contribution in [3.63, 3.8) is 0 Å². The number of carbonyl (C=O) groups excluding carboxylic acids is 1. The molecular formula is C26H29NO2S. The van der Waals surface area contributed by atoms with Crippen molar-refractivity contribution in [2.45, 2.75) is 52.4 Å². The summed E-state index contributed by atoms with van der Waals surface area (Å²) >= 11 is 1.79. The first-order valence-corrected chi connectivity index (χ1v) is 11.5. The predicted molar refractivity (Wildman–Crippen MR) is 126 cm³/mol. The van der Waals surface area contributed by atoms with Crippen molar-refractivity contribution in [1.82, 2.24) is 4.98 Å². The highest BCUT2D eigenvalue weighted by Gasteiger charge is 2.07. The van der Waals surface area contributed by atoms with Crippen LogP contribution >= 0.6 is 11.3 Å². The van der Waals surface area contributed by atoms with E-state index in [0.29, 0.717) is 12.2 Å². The third-order valence-corrected chi connectivity index (χ3v) is 5.92. The fourth-order valence-corrected chi connectivity index (χ4v) is 4.11. The lowest BCUT2D eigenvalue weighted by Gasteiger charge is -2.06. The van der Waals surface area contributed by atoms with Crippen molar-refractivity contribution in [2.75, 3.05) is 0 Å². The molecule has 3 nitrogen and oxygen atoms in total. The molecule has 0 unspecified atom stereocenters. The van der Waals surface area contributed by atoms with Gasteiger partial charge in [-0.3, -0.25) is 4.79 Å². The van der Waals surface area contributed by atoms with Crippen molar-refractivity contribution in [1.29, 1.82) is 0 Å². The molecule has 0 radical (unpaired) electrons. The molecule has 2 aromatic carbocycles. The first-order chi connectivity index (χ1) is 14.7. The van der Waals surface area contributed by atoms with Crippen LogP contribution < -0.4 is 4.74 Å². The van der Waals surface area contributed by atoms with E-state index in [2.05, 4.69) is 36.2 Å². The fraction of sp³-hybridized carbons (Fsp3) is 0.308. The van der Waals surface area contributed by atoms with E-state index in [-0.39, 0.29) is 5.97 Å². The van der Waals surface area contributed by atoms with Gasteiger partial charge in [0.25, 0.3) is 0 Å². The maximum absolute atomic E-state index is 11.8. The Labute approximate surface area is 183 Å². The molecule has 30 heavy (non-hydrogen) atoms. The van der Waals surface area contributed by atoms with E-state index in [1.54, 1.807) is 11.3 Å². The number of ether oxygens (including phenoxy) is 1. The van der Waals surface area contributed by atoms with E-state index < -0.39 is 0 Å². The minimum Gasteiger partial charge on any atom is -0.426 e. The highest BCUT2D eigenvalue weighted by molar-refractivity contribution is 7.15. The van der Waals surface area contributed by atoms with Gasteiger partial charge in [-0.05, 0) is 42.5 Å². The quantitative estimate of drug-likeness (QED) is 0.148. The van der Waals surface area contributed by atoms with Crippen LogP contribution in [0.3, 0.4) is 0 Å². The summed E-state index contributed by atoms with van der Waals surface area (Å²) in [5.41, 5.74) is 3.37. The normalized spacial score (nSPS) is 11.1. The van der Waals surface area contributed by atoms with Crippen molar-refractivity contribution in [3.8, 4) is 27.4 Å². The monoisotopic (exact) mass is 419 g/mol. The van der Waals surface area contributed by atoms with E-state index in [1.807, 2.05) is 49.5 Å². The minimum atomic E-state index is -0.241. The third kappa shape index (κ3) is 6.39. The standard InChI is InChI=1S/C26H29NO2S/c1-3-5-7-9-24-19-27-26(30-24)22-13-11-20(12-14-22)21-15-17-23(18-16-21)29-25(28)10-8-6-4-2/h6,8,11-19H,3-5,7,9-10H2,1-2H3. The smallest absolute Gasteiger partial charge is 0.315 e. The molecule has 0 amide bonds. The zero-order valence-electron chi connectivity index (χ0n) is 17.8. The Bertz CT molecular complexity index is 955. The van der Waals surface area contributed by atoms with Gasteiger partial charge < -0.3 is 4.74 Å². The van der Waals surface area contributed by atoms with Crippen molar-refractivity contribution < 1.29 is 9.53 Å². The average molecular weight is 420 g/mol. The number of aryl methyl sites for hydroxylation is 1. The molecule has 156 valence electrons. The van der Waals surface area contributed by atoms with Crippen LogP contribution in [0.2, 0.25) is 0 Å². The number of benzene rings is 2. The molecule has 0 fully saturated rings. The summed E-state index contributed by atoms with van der Waals surface area (Å²) < 4.78 is 5.37. The van der Waals surface area contributed by atoms with Gasteiger partial charge >= 0.3 is 5.97 Å².